The van der Waals surface area contributed by atoms with E-state index in [0.29, 0.717) is 37.0 Å². The average Bonchev–Trinajstić information content (AvgIpc) is 3.32. The quantitative estimate of drug-likeness (QED) is 0.721. The van der Waals surface area contributed by atoms with Crippen LogP contribution in [0.3, 0.4) is 0 Å². The molecule has 2 unspecified atom stereocenters. The normalized spacial score (nSPS) is 22.1. The topological polar surface area (TPSA) is 82.6 Å². The van der Waals surface area contributed by atoms with Gasteiger partial charge in [0, 0.05) is 44.5 Å². The molecule has 2 atom stereocenters. The van der Waals surface area contributed by atoms with E-state index in [-0.39, 0.29) is 10.8 Å². The van der Waals surface area contributed by atoms with Crippen LogP contribution in [0.25, 0.3) is 0 Å². The highest BCUT2D eigenvalue weighted by atomic mass is 32.2. The second-order valence-corrected chi connectivity index (χ2v) is 11.1. The third-order valence-electron chi connectivity index (χ3n) is 6.28. The highest BCUT2D eigenvalue weighted by molar-refractivity contribution is 7.89. The molecule has 2 saturated heterocycles. The SMILES string of the molecule is CC1CC(C)CN(S(=O)(=O)c2ccc(C(=O)NCc3ccc(N4CCCC4)nc3)cc2)C1. The van der Waals surface area contributed by atoms with Crippen LogP contribution in [0.1, 0.15) is 49.0 Å². The van der Waals surface area contributed by atoms with Gasteiger partial charge in [-0.1, -0.05) is 19.9 Å². The van der Waals surface area contributed by atoms with Crippen molar-refractivity contribution in [3.8, 4) is 0 Å². The Labute approximate surface area is 190 Å². The molecule has 0 spiro atoms. The number of hydrogen-bond donors (Lipinski definition) is 1. The van der Waals surface area contributed by atoms with Gasteiger partial charge in [0.05, 0.1) is 4.90 Å². The van der Waals surface area contributed by atoms with Crippen LogP contribution in [0.2, 0.25) is 0 Å². The van der Waals surface area contributed by atoms with Crippen molar-refractivity contribution in [2.24, 2.45) is 11.8 Å². The van der Waals surface area contributed by atoms with Gasteiger partial charge in [0.25, 0.3) is 5.91 Å². The summed E-state index contributed by atoms with van der Waals surface area (Å²) < 4.78 is 27.6. The standard InChI is InChI=1S/C24H32N4O3S/c1-18-13-19(2)17-28(16-18)32(30,31)22-8-6-21(7-9-22)24(29)26-15-20-5-10-23(25-14-20)27-11-3-4-12-27/h5-10,14,18-19H,3-4,11-13,15-17H2,1-2H3,(H,26,29). The number of aromatic nitrogens is 1. The van der Waals surface area contributed by atoms with E-state index in [1.54, 1.807) is 22.6 Å². The van der Waals surface area contributed by atoms with Gasteiger partial charge in [-0.25, -0.2) is 13.4 Å². The fourth-order valence-corrected chi connectivity index (χ4v) is 6.35. The van der Waals surface area contributed by atoms with Crippen LogP contribution in [0.5, 0.6) is 0 Å². The summed E-state index contributed by atoms with van der Waals surface area (Å²) in [5.74, 6) is 1.43. The molecule has 1 aromatic heterocycles. The minimum absolute atomic E-state index is 0.233. The molecule has 2 aromatic rings. The van der Waals surface area contributed by atoms with Crippen LogP contribution in [0, 0.1) is 11.8 Å². The second kappa shape index (κ2) is 9.58. The zero-order valence-corrected chi connectivity index (χ0v) is 19.6. The summed E-state index contributed by atoms with van der Waals surface area (Å²) >= 11 is 0. The van der Waals surface area contributed by atoms with Crippen LogP contribution in [-0.2, 0) is 16.6 Å². The number of carbonyl (C=O) groups is 1. The van der Waals surface area contributed by atoms with Crippen molar-refractivity contribution in [3.05, 3.63) is 53.7 Å². The number of amides is 1. The number of nitrogens with one attached hydrogen (secondary N) is 1. The van der Waals surface area contributed by atoms with E-state index < -0.39 is 10.0 Å². The Morgan fingerprint density at radius 2 is 1.69 bits per heavy atom. The third-order valence-corrected chi connectivity index (χ3v) is 8.13. The molecule has 0 bridgehead atoms. The van der Waals surface area contributed by atoms with Crippen molar-refractivity contribution in [2.75, 3.05) is 31.1 Å². The lowest BCUT2D eigenvalue weighted by molar-refractivity contribution is 0.0950. The molecule has 2 fully saturated rings. The highest BCUT2D eigenvalue weighted by Gasteiger charge is 2.31. The second-order valence-electron chi connectivity index (χ2n) is 9.19. The first-order valence-electron chi connectivity index (χ1n) is 11.4. The molecule has 0 radical (unpaired) electrons. The molecule has 0 saturated carbocycles. The number of benzene rings is 1. The summed E-state index contributed by atoms with van der Waals surface area (Å²) in [7, 11) is -3.55. The molecule has 2 aliphatic rings. The van der Waals surface area contributed by atoms with Crippen LogP contribution >= 0.6 is 0 Å². The van der Waals surface area contributed by atoms with Gasteiger partial charge in [-0.3, -0.25) is 4.79 Å². The van der Waals surface area contributed by atoms with Crippen molar-refractivity contribution in [1.29, 1.82) is 0 Å². The third kappa shape index (κ3) is 5.13. The molecule has 1 amide bonds. The van der Waals surface area contributed by atoms with Gasteiger partial charge in [0.1, 0.15) is 5.82 Å². The molecule has 3 heterocycles. The Morgan fingerprint density at radius 1 is 1.03 bits per heavy atom. The highest BCUT2D eigenvalue weighted by Crippen LogP contribution is 2.26. The summed E-state index contributed by atoms with van der Waals surface area (Å²) in [5, 5.41) is 2.89. The molecule has 7 nitrogen and oxygen atoms in total. The minimum atomic E-state index is -3.55. The summed E-state index contributed by atoms with van der Waals surface area (Å²) in [6.07, 6.45) is 5.25. The molecule has 8 heteroatoms. The largest absolute Gasteiger partial charge is 0.357 e. The van der Waals surface area contributed by atoms with Crippen molar-refractivity contribution in [2.45, 2.75) is 44.6 Å². The van der Waals surface area contributed by atoms with Crippen LogP contribution in [0.4, 0.5) is 5.82 Å². The van der Waals surface area contributed by atoms with Crippen molar-refractivity contribution < 1.29 is 13.2 Å². The van der Waals surface area contributed by atoms with Crippen molar-refractivity contribution in [3.63, 3.8) is 0 Å². The lowest BCUT2D eigenvalue weighted by Gasteiger charge is -2.34. The van der Waals surface area contributed by atoms with Gasteiger partial charge < -0.3 is 10.2 Å². The van der Waals surface area contributed by atoms with Gasteiger partial charge in [0.2, 0.25) is 10.0 Å². The Kier molecular flexibility index (Phi) is 6.81. The van der Waals surface area contributed by atoms with Crippen LogP contribution < -0.4 is 10.2 Å². The first-order valence-corrected chi connectivity index (χ1v) is 12.9. The first kappa shape index (κ1) is 22.7. The zero-order chi connectivity index (χ0) is 22.7. The number of pyridine rings is 1. The Morgan fingerprint density at radius 3 is 2.28 bits per heavy atom. The molecule has 2 aliphatic heterocycles. The number of hydrogen-bond acceptors (Lipinski definition) is 5. The van der Waals surface area contributed by atoms with Gasteiger partial charge >= 0.3 is 0 Å². The molecule has 4 rings (SSSR count). The van der Waals surface area contributed by atoms with E-state index >= 15 is 0 Å². The van der Waals surface area contributed by atoms with E-state index in [1.807, 2.05) is 12.1 Å². The average molecular weight is 457 g/mol. The van der Waals surface area contributed by atoms with Crippen molar-refractivity contribution >= 4 is 21.7 Å². The summed E-state index contributed by atoms with van der Waals surface area (Å²) in [6.45, 7) is 7.71. The van der Waals surface area contributed by atoms with Crippen LogP contribution in [-0.4, -0.2) is 49.8 Å². The fraction of sp³-hybridized carbons (Fsp3) is 0.500. The minimum Gasteiger partial charge on any atom is -0.357 e. The maximum Gasteiger partial charge on any atom is 0.251 e. The lowest BCUT2D eigenvalue weighted by Crippen LogP contribution is -2.42. The number of rotatable bonds is 6. The van der Waals surface area contributed by atoms with E-state index in [0.717, 1.165) is 30.9 Å². The van der Waals surface area contributed by atoms with E-state index in [2.05, 4.69) is 29.0 Å². The van der Waals surface area contributed by atoms with Crippen LogP contribution in [0.15, 0.2) is 47.5 Å². The first-order chi connectivity index (χ1) is 15.3. The number of piperidine rings is 1. The summed E-state index contributed by atoms with van der Waals surface area (Å²) in [6, 6.07) is 10.2. The Balaban J connectivity index is 1.35. The van der Waals surface area contributed by atoms with E-state index in [9.17, 15) is 13.2 Å². The molecule has 0 aliphatic carbocycles. The molecule has 172 valence electrons. The molecular formula is C24H32N4O3S. The summed E-state index contributed by atoms with van der Waals surface area (Å²) in [4.78, 5) is 19.6. The zero-order valence-electron chi connectivity index (χ0n) is 18.8. The predicted molar refractivity (Wildman–Crippen MR) is 125 cm³/mol. The van der Waals surface area contributed by atoms with Gasteiger partial charge in [-0.15, -0.1) is 0 Å². The van der Waals surface area contributed by atoms with Gasteiger partial charge in [-0.05, 0) is 67.0 Å². The number of sulfonamides is 1. The van der Waals surface area contributed by atoms with E-state index in [1.165, 1.54) is 25.0 Å². The maximum atomic E-state index is 13.0. The molecule has 1 aromatic carbocycles. The smallest absolute Gasteiger partial charge is 0.251 e. The molecule has 1 N–H and O–H groups in total. The van der Waals surface area contributed by atoms with Crippen molar-refractivity contribution in [1.82, 2.24) is 14.6 Å². The predicted octanol–water partition coefficient (Wildman–Crippen LogP) is 3.28. The lowest BCUT2D eigenvalue weighted by atomic mass is 9.94. The maximum absolute atomic E-state index is 13.0. The molecular weight excluding hydrogens is 424 g/mol. The molecule has 32 heavy (non-hydrogen) atoms. The van der Waals surface area contributed by atoms with Gasteiger partial charge in [0.15, 0.2) is 0 Å². The fourth-order valence-electron chi connectivity index (χ4n) is 4.67. The number of anilines is 1. The van der Waals surface area contributed by atoms with Gasteiger partial charge in [-0.2, -0.15) is 4.31 Å². The Bertz CT molecular complexity index is 1020. The van der Waals surface area contributed by atoms with E-state index in [4.69, 9.17) is 0 Å². The number of carbonyl (C=O) groups excluding carboxylic acids is 1. The summed E-state index contributed by atoms with van der Waals surface area (Å²) in [5.41, 5.74) is 1.36. The monoisotopic (exact) mass is 456 g/mol. The Hall–Kier alpha value is -2.45. The number of nitrogens with zero attached hydrogens (tertiary/aromatic N) is 3.